The van der Waals surface area contributed by atoms with Gasteiger partial charge in [0.05, 0.1) is 0 Å². The van der Waals surface area contributed by atoms with Crippen LogP contribution in [0.5, 0.6) is 0 Å². The van der Waals surface area contributed by atoms with Crippen LogP contribution < -0.4 is 0 Å². The molecule has 16 heavy (non-hydrogen) atoms. The molecule has 1 N–H and O–H groups in total. The zero-order chi connectivity index (χ0) is 7.66. The van der Waals surface area contributed by atoms with Crippen LogP contribution in [-0.2, 0) is 21.7 Å². The first-order valence-electron chi connectivity index (χ1n) is 3.35. The van der Waals surface area contributed by atoms with Gasteiger partial charge in [0.1, 0.15) is 0 Å². The Morgan fingerprint density at radius 1 is 1.19 bits per heavy atom. The number of hydrogen-bond donors (Lipinski definition) is 1. The Balaban J connectivity index is -0.0000000147. The Kier molecular flexibility index (Phi) is 129. The molecule has 1 aliphatic rings. The summed E-state index contributed by atoms with van der Waals surface area (Å²) in [5.74, 6) is 0. The maximum atomic E-state index is 8.00. The molecular formula is C14H28OTi-6. The molecular weight excluding hydrogens is 232 g/mol. The first-order valence-corrected chi connectivity index (χ1v) is 3.35. The van der Waals surface area contributed by atoms with Crippen molar-refractivity contribution in [3.05, 3.63) is 74.1 Å². The molecule has 0 amide bonds. The van der Waals surface area contributed by atoms with Crippen molar-refractivity contribution in [1.82, 2.24) is 0 Å². The summed E-state index contributed by atoms with van der Waals surface area (Å²) in [4.78, 5) is 0. The molecule has 0 spiro atoms. The van der Waals surface area contributed by atoms with Gasteiger partial charge in [0.15, 0.2) is 0 Å². The van der Waals surface area contributed by atoms with Gasteiger partial charge in [-0.2, -0.15) is 6.08 Å². The molecule has 0 atom stereocenters. The average Bonchev–Trinajstić information content (AvgIpc) is 2.44. The molecule has 1 nitrogen and oxygen atoms in total. The smallest absolute Gasteiger partial charge is 0.0465 e. The zero-order valence-electron chi connectivity index (χ0n) is 11.6. The summed E-state index contributed by atoms with van der Waals surface area (Å²) >= 11 is 0. The predicted molar refractivity (Wildman–Crippen MR) is 75.5 cm³/mol. The van der Waals surface area contributed by atoms with E-state index in [1.165, 1.54) is 0 Å². The van der Waals surface area contributed by atoms with Crippen LogP contribution in [0.15, 0.2) is 30.9 Å². The van der Waals surface area contributed by atoms with Gasteiger partial charge in [-0.3, -0.25) is 6.08 Å². The number of hydrogen-bond acceptors (Lipinski definition) is 1. The predicted octanol–water partition coefficient (Wildman–Crippen LogP) is 4.11. The van der Waals surface area contributed by atoms with Crippen LogP contribution >= 0.6 is 0 Å². The topological polar surface area (TPSA) is 20.2 Å². The standard InChI is InChI=1S/C5H5.C4H8O.5CH3.Ti/c1-2-4-5-3-1;1-2-3-4-5;;;;;;/h1-3H,4H2;2,5H,1,3-4H2;5*1H3;/q-1;;5*-1;. The fourth-order valence-electron chi connectivity index (χ4n) is 0.431. The number of aliphatic hydroxyl groups is 1. The monoisotopic (exact) mass is 260 g/mol. The van der Waals surface area contributed by atoms with E-state index >= 15 is 0 Å². The third-order valence-electron chi connectivity index (χ3n) is 0.919. The molecule has 0 fully saturated rings. The van der Waals surface area contributed by atoms with Crippen molar-refractivity contribution in [3.8, 4) is 0 Å². The molecule has 0 saturated carbocycles. The number of allylic oxidation sites excluding steroid dienone is 4. The van der Waals surface area contributed by atoms with E-state index in [1.54, 1.807) is 6.08 Å². The van der Waals surface area contributed by atoms with Crippen molar-refractivity contribution >= 4 is 0 Å². The van der Waals surface area contributed by atoms with E-state index in [9.17, 15) is 0 Å². The minimum atomic E-state index is 0. The molecule has 0 aliphatic heterocycles. The summed E-state index contributed by atoms with van der Waals surface area (Å²) in [6.45, 7) is 3.62. The summed E-state index contributed by atoms with van der Waals surface area (Å²) in [6, 6.07) is 0. The normalized spacial score (nSPS) is 7.81. The van der Waals surface area contributed by atoms with Gasteiger partial charge in [-0.1, -0.05) is 6.08 Å². The van der Waals surface area contributed by atoms with Crippen molar-refractivity contribution in [2.24, 2.45) is 0 Å². The van der Waals surface area contributed by atoms with Crippen LogP contribution in [0.4, 0.5) is 0 Å². The van der Waals surface area contributed by atoms with Gasteiger partial charge in [-0.05, 0) is 6.42 Å². The average molecular weight is 260 g/mol. The SMILES string of the molecule is C=CCCO.[C-]1=CC=CC1.[CH3-].[CH3-].[CH3-].[CH3-].[CH3-].[Ti]. The van der Waals surface area contributed by atoms with E-state index in [0.717, 1.165) is 6.42 Å². The maximum absolute atomic E-state index is 8.00. The largest absolute Gasteiger partial charge is 0.396 e. The summed E-state index contributed by atoms with van der Waals surface area (Å²) in [5, 5.41) is 8.00. The van der Waals surface area contributed by atoms with Crippen LogP contribution in [0, 0.1) is 43.2 Å². The van der Waals surface area contributed by atoms with Crippen LogP contribution in [0.1, 0.15) is 12.8 Å². The van der Waals surface area contributed by atoms with Crippen LogP contribution in [0.3, 0.4) is 0 Å². The fourth-order valence-corrected chi connectivity index (χ4v) is 0.431. The molecule has 0 bridgehead atoms. The molecule has 2 heteroatoms. The summed E-state index contributed by atoms with van der Waals surface area (Å²) in [6.07, 6.45) is 12.4. The number of aliphatic hydroxyl groups excluding tert-OH is 1. The maximum Gasteiger partial charge on any atom is 0.0465 e. The summed E-state index contributed by atoms with van der Waals surface area (Å²) in [5.41, 5.74) is 0. The Labute approximate surface area is 120 Å². The second-order valence-corrected chi connectivity index (χ2v) is 1.80. The molecule has 0 heterocycles. The van der Waals surface area contributed by atoms with E-state index < -0.39 is 0 Å². The van der Waals surface area contributed by atoms with E-state index in [2.05, 4.69) is 18.7 Å². The first-order chi connectivity index (χ1) is 4.91. The number of rotatable bonds is 2. The molecule has 100 valence electrons. The minimum Gasteiger partial charge on any atom is -0.396 e. The van der Waals surface area contributed by atoms with Crippen molar-refractivity contribution in [2.75, 3.05) is 6.61 Å². The Morgan fingerprint density at radius 2 is 1.69 bits per heavy atom. The molecule has 0 aromatic carbocycles. The Bertz CT molecular complexity index is 119. The Morgan fingerprint density at radius 3 is 1.75 bits per heavy atom. The molecule has 0 aromatic heterocycles. The van der Waals surface area contributed by atoms with E-state index in [-0.39, 0.29) is 65.5 Å². The summed E-state index contributed by atoms with van der Waals surface area (Å²) in [7, 11) is 0. The van der Waals surface area contributed by atoms with Crippen molar-refractivity contribution in [3.63, 3.8) is 0 Å². The van der Waals surface area contributed by atoms with E-state index in [1.807, 2.05) is 12.2 Å². The van der Waals surface area contributed by atoms with Crippen molar-refractivity contribution < 1.29 is 26.8 Å². The molecule has 0 radical (unpaired) electrons. The van der Waals surface area contributed by atoms with E-state index in [0.29, 0.717) is 6.42 Å². The molecule has 0 saturated heterocycles. The minimum absolute atomic E-state index is 0. The van der Waals surface area contributed by atoms with Crippen molar-refractivity contribution in [2.45, 2.75) is 12.8 Å². The Hall–Kier alpha value is -0.106. The van der Waals surface area contributed by atoms with Gasteiger partial charge in [-0.25, -0.2) is 12.2 Å². The molecule has 0 aromatic rings. The van der Waals surface area contributed by atoms with Crippen LogP contribution in [0.2, 0.25) is 0 Å². The first kappa shape index (κ1) is 44.6. The molecule has 1 rings (SSSR count). The quantitative estimate of drug-likeness (QED) is 0.450. The van der Waals surface area contributed by atoms with Gasteiger partial charge >= 0.3 is 0 Å². The second kappa shape index (κ2) is 46.1. The van der Waals surface area contributed by atoms with Gasteiger partial charge in [0.25, 0.3) is 0 Å². The third kappa shape index (κ3) is 48.6. The fraction of sp³-hybridized carbons (Fsp3) is 0.214. The van der Waals surface area contributed by atoms with E-state index in [4.69, 9.17) is 5.11 Å². The van der Waals surface area contributed by atoms with Gasteiger partial charge < -0.3 is 42.2 Å². The van der Waals surface area contributed by atoms with Crippen molar-refractivity contribution in [1.29, 1.82) is 0 Å². The zero-order valence-corrected chi connectivity index (χ0v) is 13.1. The summed E-state index contributed by atoms with van der Waals surface area (Å²) < 4.78 is 0. The molecule has 0 unspecified atom stereocenters. The van der Waals surface area contributed by atoms with Gasteiger partial charge in [0, 0.05) is 28.3 Å². The van der Waals surface area contributed by atoms with Gasteiger partial charge in [0.2, 0.25) is 0 Å². The molecule has 1 aliphatic carbocycles. The van der Waals surface area contributed by atoms with Crippen LogP contribution in [-0.4, -0.2) is 11.7 Å². The second-order valence-electron chi connectivity index (χ2n) is 1.80. The van der Waals surface area contributed by atoms with Gasteiger partial charge in [-0.15, -0.1) is 13.0 Å². The third-order valence-corrected chi connectivity index (χ3v) is 0.919. The van der Waals surface area contributed by atoms with Crippen LogP contribution in [0.25, 0.3) is 0 Å².